The molecular weight excluding hydrogens is 602 g/mol. The zero-order valence-corrected chi connectivity index (χ0v) is 25.8. The van der Waals surface area contributed by atoms with Gasteiger partial charge in [-0.15, -0.1) is 23.1 Å². The number of anilines is 2. The Kier molecular flexibility index (Phi) is 9.99. The molecule has 43 heavy (non-hydrogen) atoms. The molecule has 10 heteroatoms. The molecule has 0 fully saturated rings. The van der Waals surface area contributed by atoms with Crippen molar-refractivity contribution < 1.29 is 19.1 Å². The number of amides is 2. The number of hydrogen-bond donors (Lipinski definition) is 2. The van der Waals surface area contributed by atoms with Gasteiger partial charge in [0.05, 0.1) is 26.3 Å². The van der Waals surface area contributed by atoms with Crippen LogP contribution in [0.5, 0.6) is 11.5 Å². The normalized spacial score (nSPS) is 11.4. The average molecular weight is 630 g/mol. The molecule has 0 spiro atoms. The number of thiazole rings is 1. The third-order valence-electron chi connectivity index (χ3n) is 6.42. The molecule has 2 N–H and O–H groups in total. The molecule has 0 saturated carbocycles. The summed E-state index contributed by atoms with van der Waals surface area (Å²) in [7, 11) is 3.17. The first-order chi connectivity index (χ1) is 20.9. The first-order valence-corrected chi connectivity index (χ1v) is 15.4. The van der Waals surface area contributed by atoms with E-state index in [1.165, 1.54) is 23.1 Å². The minimum absolute atomic E-state index is 0.125. The van der Waals surface area contributed by atoms with Crippen molar-refractivity contribution in [3.8, 4) is 22.8 Å². The van der Waals surface area contributed by atoms with E-state index in [1.54, 1.807) is 26.4 Å². The van der Waals surface area contributed by atoms with Gasteiger partial charge in [0.25, 0.3) is 0 Å². The highest BCUT2D eigenvalue weighted by atomic mass is 35.5. The number of carbonyl (C=O) groups excluding carboxylic acids is 2. The van der Waals surface area contributed by atoms with Crippen molar-refractivity contribution in [2.75, 3.05) is 24.9 Å². The molecule has 1 aromatic heterocycles. The van der Waals surface area contributed by atoms with E-state index in [-0.39, 0.29) is 18.2 Å². The van der Waals surface area contributed by atoms with Crippen LogP contribution in [-0.4, -0.2) is 31.0 Å². The minimum atomic E-state index is -0.528. The molecule has 7 nitrogen and oxygen atoms in total. The Morgan fingerprint density at radius 3 is 2.30 bits per heavy atom. The van der Waals surface area contributed by atoms with Crippen LogP contribution in [-0.2, 0) is 16.0 Å². The molecule has 0 aliphatic carbocycles. The van der Waals surface area contributed by atoms with E-state index in [1.807, 2.05) is 90.3 Å². The van der Waals surface area contributed by atoms with E-state index in [0.29, 0.717) is 27.3 Å². The topological polar surface area (TPSA) is 89.6 Å². The van der Waals surface area contributed by atoms with Gasteiger partial charge in [-0.2, -0.15) is 0 Å². The second-order valence-corrected chi connectivity index (χ2v) is 11.9. The Bertz CT molecular complexity index is 1690. The molecule has 0 bridgehead atoms. The molecule has 1 unspecified atom stereocenters. The average Bonchev–Trinajstić information content (AvgIpc) is 3.50. The highest BCUT2D eigenvalue weighted by molar-refractivity contribution is 8.00. The Balaban J connectivity index is 1.26. The zero-order chi connectivity index (χ0) is 30.2. The molecule has 0 saturated heterocycles. The van der Waals surface area contributed by atoms with Crippen LogP contribution in [0.15, 0.2) is 107 Å². The van der Waals surface area contributed by atoms with Gasteiger partial charge in [0.1, 0.15) is 5.25 Å². The van der Waals surface area contributed by atoms with Crippen LogP contribution in [0.3, 0.4) is 0 Å². The van der Waals surface area contributed by atoms with E-state index < -0.39 is 5.25 Å². The number of nitrogens with zero attached hydrogens (tertiary/aromatic N) is 1. The number of carbonyl (C=O) groups is 2. The van der Waals surface area contributed by atoms with Crippen LogP contribution in [0.25, 0.3) is 11.3 Å². The fourth-order valence-electron chi connectivity index (χ4n) is 4.28. The number of nitrogens with one attached hydrogen (secondary N) is 2. The number of rotatable bonds is 11. The molecule has 1 atom stereocenters. The summed E-state index contributed by atoms with van der Waals surface area (Å²) in [4.78, 5) is 31.6. The lowest BCUT2D eigenvalue weighted by Crippen LogP contribution is -2.19. The van der Waals surface area contributed by atoms with Crippen LogP contribution < -0.4 is 20.1 Å². The van der Waals surface area contributed by atoms with Crippen molar-refractivity contribution in [1.29, 1.82) is 0 Å². The lowest BCUT2D eigenvalue weighted by Gasteiger charge is -2.16. The summed E-state index contributed by atoms with van der Waals surface area (Å²) in [6.45, 7) is 0. The minimum Gasteiger partial charge on any atom is -0.493 e. The summed E-state index contributed by atoms with van der Waals surface area (Å²) in [5, 5.41) is 8.40. The molecule has 5 rings (SSSR count). The number of aromatic nitrogens is 1. The highest BCUT2D eigenvalue weighted by Crippen LogP contribution is 2.38. The Labute approximate surface area is 263 Å². The number of halogens is 1. The summed E-state index contributed by atoms with van der Waals surface area (Å²) < 4.78 is 10.7. The second kappa shape index (κ2) is 14.2. The van der Waals surface area contributed by atoms with Gasteiger partial charge < -0.3 is 20.1 Å². The maximum Gasteiger partial charge on any atom is 0.244 e. The third kappa shape index (κ3) is 7.95. The Morgan fingerprint density at radius 1 is 0.884 bits per heavy atom. The molecule has 0 aliphatic rings. The van der Waals surface area contributed by atoms with Crippen molar-refractivity contribution in [3.63, 3.8) is 0 Å². The maximum absolute atomic E-state index is 13.6. The fraction of sp³-hybridized carbons (Fsp3) is 0.121. The van der Waals surface area contributed by atoms with Gasteiger partial charge in [-0.25, -0.2) is 4.98 Å². The molecule has 2 amide bonds. The largest absolute Gasteiger partial charge is 0.493 e. The Morgan fingerprint density at radius 2 is 1.60 bits per heavy atom. The van der Waals surface area contributed by atoms with E-state index in [4.69, 9.17) is 21.1 Å². The standard InChI is InChI=1S/C33H28ClN3O4S2/c1-40-28-17-10-23(19-29(28)41-2)27-20-42-33(36-27)37-32(39)31(22-6-4-3-5-7-22)43-26-15-13-25(14-16-26)35-30(38)18-21-8-11-24(34)12-9-21/h3-17,19-20,31H,18H2,1-2H3,(H,35,38)(H,36,37,39). The van der Waals surface area contributed by atoms with Crippen molar-refractivity contribution in [2.45, 2.75) is 16.6 Å². The van der Waals surface area contributed by atoms with Crippen molar-refractivity contribution >= 4 is 57.3 Å². The number of thioether (sulfide) groups is 1. The van der Waals surface area contributed by atoms with E-state index in [0.717, 1.165) is 27.3 Å². The van der Waals surface area contributed by atoms with Crippen molar-refractivity contribution in [1.82, 2.24) is 4.98 Å². The van der Waals surface area contributed by atoms with Crippen LogP contribution in [0.1, 0.15) is 16.4 Å². The summed E-state index contributed by atoms with van der Waals surface area (Å²) in [5.74, 6) is 0.919. The predicted molar refractivity (Wildman–Crippen MR) is 175 cm³/mol. The molecule has 218 valence electrons. The number of benzene rings is 4. The van der Waals surface area contributed by atoms with E-state index in [9.17, 15) is 9.59 Å². The van der Waals surface area contributed by atoms with Gasteiger partial charge in [-0.05, 0) is 65.7 Å². The first-order valence-electron chi connectivity index (χ1n) is 13.3. The summed E-state index contributed by atoms with van der Waals surface area (Å²) in [5.41, 5.74) is 3.99. The lowest BCUT2D eigenvalue weighted by atomic mass is 10.1. The van der Waals surface area contributed by atoms with Gasteiger partial charge >= 0.3 is 0 Å². The number of methoxy groups -OCH3 is 2. The smallest absolute Gasteiger partial charge is 0.244 e. The monoisotopic (exact) mass is 629 g/mol. The van der Waals surface area contributed by atoms with Crippen LogP contribution >= 0.6 is 34.7 Å². The van der Waals surface area contributed by atoms with Crippen LogP contribution in [0, 0.1) is 0 Å². The zero-order valence-electron chi connectivity index (χ0n) is 23.4. The predicted octanol–water partition coefficient (Wildman–Crippen LogP) is 8.13. The van der Waals surface area contributed by atoms with Gasteiger partial charge in [-0.3, -0.25) is 9.59 Å². The molecule has 4 aromatic carbocycles. The fourth-order valence-corrected chi connectivity index (χ4v) is 6.15. The van der Waals surface area contributed by atoms with Gasteiger partial charge in [0, 0.05) is 26.5 Å². The second-order valence-electron chi connectivity index (χ2n) is 9.38. The molecule has 0 radical (unpaired) electrons. The Hall–Kier alpha value is -4.31. The third-order valence-corrected chi connectivity index (χ3v) is 8.70. The maximum atomic E-state index is 13.6. The number of ether oxygens (including phenoxy) is 2. The molecule has 5 aromatic rings. The first kappa shape index (κ1) is 30.2. The number of hydrogen-bond acceptors (Lipinski definition) is 7. The van der Waals surface area contributed by atoms with Crippen molar-refractivity contribution in [3.05, 3.63) is 119 Å². The molecule has 1 heterocycles. The van der Waals surface area contributed by atoms with Crippen LogP contribution in [0.2, 0.25) is 5.02 Å². The quantitative estimate of drug-likeness (QED) is 0.143. The van der Waals surface area contributed by atoms with Crippen LogP contribution in [0.4, 0.5) is 10.8 Å². The summed E-state index contributed by atoms with van der Waals surface area (Å²) >= 11 is 8.71. The molecule has 0 aliphatic heterocycles. The van der Waals surface area contributed by atoms with E-state index >= 15 is 0 Å². The highest BCUT2D eigenvalue weighted by Gasteiger charge is 2.23. The van der Waals surface area contributed by atoms with Gasteiger partial charge in [0.15, 0.2) is 16.6 Å². The summed E-state index contributed by atoms with van der Waals surface area (Å²) in [6, 6.07) is 29.8. The van der Waals surface area contributed by atoms with Gasteiger partial charge in [0.2, 0.25) is 11.8 Å². The summed E-state index contributed by atoms with van der Waals surface area (Å²) in [6.07, 6.45) is 0.244. The molecular formula is C33H28ClN3O4S2. The van der Waals surface area contributed by atoms with E-state index in [2.05, 4.69) is 15.6 Å². The van der Waals surface area contributed by atoms with Crippen molar-refractivity contribution in [2.24, 2.45) is 0 Å². The lowest BCUT2D eigenvalue weighted by molar-refractivity contribution is -0.116. The SMILES string of the molecule is COc1ccc(-c2csc(NC(=O)C(Sc3ccc(NC(=O)Cc4ccc(Cl)cc4)cc3)c3ccccc3)n2)cc1OC. The van der Waals surface area contributed by atoms with Gasteiger partial charge in [-0.1, -0.05) is 54.1 Å².